The smallest absolute Gasteiger partial charge is 0.343 e. The summed E-state index contributed by atoms with van der Waals surface area (Å²) in [5, 5.41) is 10.0. The van der Waals surface area contributed by atoms with E-state index in [1.54, 1.807) is 49.4 Å². The topological polar surface area (TPSA) is 76.4 Å². The number of carbonyl (C=O) groups is 2. The summed E-state index contributed by atoms with van der Waals surface area (Å²) in [5.41, 5.74) is 1.16. The quantitative estimate of drug-likeness (QED) is 0.132. The highest BCUT2D eigenvalue weighted by Crippen LogP contribution is 2.31. The predicted molar refractivity (Wildman–Crippen MR) is 123 cm³/mol. The van der Waals surface area contributed by atoms with Gasteiger partial charge in [-0.15, -0.1) is 0 Å². The van der Waals surface area contributed by atoms with Crippen LogP contribution < -0.4 is 9.47 Å². The normalized spacial score (nSPS) is 10.9. The Hall–Kier alpha value is -3.59. The minimum Gasteiger partial charge on any atom is -0.490 e. The van der Waals surface area contributed by atoms with Crippen molar-refractivity contribution in [3.8, 4) is 17.6 Å². The van der Waals surface area contributed by atoms with Crippen molar-refractivity contribution in [1.82, 2.24) is 0 Å². The zero-order chi connectivity index (χ0) is 23.1. The summed E-state index contributed by atoms with van der Waals surface area (Å²) in [7, 11) is 0. The molecule has 0 fully saturated rings. The number of hydrogen-bond acceptors (Lipinski definition) is 5. The molecular formula is C25H17Cl2NO4. The Labute approximate surface area is 195 Å². The van der Waals surface area contributed by atoms with Crippen molar-refractivity contribution in [3.63, 3.8) is 0 Å². The number of benzene rings is 3. The van der Waals surface area contributed by atoms with Crippen LogP contribution in [0.25, 0.3) is 6.08 Å². The summed E-state index contributed by atoms with van der Waals surface area (Å²) in [4.78, 5) is 25.1. The van der Waals surface area contributed by atoms with Crippen LogP contribution in [-0.2, 0) is 0 Å². The van der Waals surface area contributed by atoms with Gasteiger partial charge in [0.25, 0.3) is 0 Å². The van der Waals surface area contributed by atoms with Crippen LogP contribution >= 0.6 is 23.2 Å². The molecule has 5 nitrogen and oxygen atoms in total. The van der Waals surface area contributed by atoms with Gasteiger partial charge in [-0.05, 0) is 48.9 Å². The first-order chi connectivity index (χ1) is 15.4. The van der Waals surface area contributed by atoms with Crippen molar-refractivity contribution in [3.05, 3.63) is 99.0 Å². The van der Waals surface area contributed by atoms with E-state index in [0.29, 0.717) is 28.5 Å². The van der Waals surface area contributed by atoms with Gasteiger partial charge >= 0.3 is 5.97 Å². The van der Waals surface area contributed by atoms with E-state index < -0.39 is 5.97 Å². The number of nitriles is 1. The molecule has 0 bridgehead atoms. The zero-order valence-corrected chi connectivity index (χ0v) is 18.5. The molecule has 0 radical (unpaired) electrons. The molecule has 7 heteroatoms. The molecule has 0 amide bonds. The van der Waals surface area contributed by atoms with Crippen LogP contribution in [0.4, 0.5) is 0 Å². The Morgan fingerprint density at radius 2 is 1.69 bits per heavy atom. The molecule has 160 valence electrons. The van der Waals surface area contributed by atoms with Crippen molar-refractivity contribution < 1.29 is 19.1 Å². The highest BCUT2D eigenvalue weighted by Gasteiger charge is 2.16. The van der Waals surface area contributed by atoms with E-state index in [1.165, 1.54) is 30.3 Å². The van der Waals surface area contributed by atoms with Crippen molar-refractivity contribution >= 4 is 41.0 Å². The van der Waals surface area contributed by atoms with Crippen LogP contribution in [0.5, 0.6) is 11.5 Å². The molecule has 0 aliphatic carbocycles. The average Bonchev–Trinajstić information content (AvgIpc) is 2.81. The number of hydrogen-bond donors (Lipinski definition) is 0. The summed E-state index contributed by atoms with van der Waals surface area (Å²) in [5.74, 6) is -0.543. The predicted octanol–water partition coefficient (Wildman–Crippen LogP) is 6.40. The molecule has 0 unspecified atom stereocenters. The molecule has 0 aromatic heterocycles. The Kier molecular flexibility index (Phi) is 7.67. The first-order valence-electron chi connectivity index (χ1n) is 9.58. The molecule has 32 heavy (non-hydrogen) atoms. The van der Waals surface area contributed by atoms with E-state index in [4.69, 9.17) is 32.7 Å². The van der Waals surface area contributed by atoms with Crippen LogP contribution in [0.3, 0.4) is 0 Å². The molecule has 0 atom stereocenters. The molecule has 0 aliphatic heterocycles. The summed E-state index contributed by atoms with van der Waals surface area (Å²) in [6.45, 7) is 2.10. The van der Waals surface area contributed by atoms with E-state index in [1.807, 2.05) is 6.07 Å². The van der Waals surface area contributed by atoms with E-state index >= 15 is 0 Å². The fourth-order valence-corrected chi connectivity index (χ4v) is 3.11. The largest absolute Gasteiger partial charge is 0.490 e. The van der Waals surface area contributed by atoms with Gasteiger partial charge in [-0.3, -0.25) is 4.79 Å². The highest BCUT2D eigenvalue weighted by molar-refractivity contribution is 6.42. The second kappa shape index (κ2) is 10.6. The summed E-state index contributed by atoms with van der Waals surface area (Å²) < 4.78 is 11.1. The number of ether oxygens (including phenoxy) is 2. The number of rotatable bonds is 7. The Balaban J connectivity index is 1.89. The van der Waals surface area contributed by atoms with Gasteiger partial charge in [0.05, 0.1) is 22.2 Å². The highest BCUT2D eigenvalue weighted by atomic mass is 35.5. The number of Topliss-reactive ketones (excluding diaryl/α,β-unsaturated/α-hetero) is 1. The molecule has 0 spiro atoms. The number of halogens is 2. The lowest BCUT2D eigenvalue weighted by molar-refractivity contribution is 0.0728. The fourth-order valence-electron chi connectivity index (χ4n) is 2.81. The maximum Gasteiger partial charge on any atom is 0.343 e. The van der Waals surface area contributed by atoms with Gasteiger partial charge in [0.2, 0.25) is 5.78 Å². The number of esters is 1. The lowest BCUT2D eigenvalue weighted by Gasteiger charge is -2.12. The van der Waals surface area contributed by atoms with Crippen LogP contribution in [0.2, 0.25) is 10.0 Å². The maximum absolute atomic E-state index is 12.6. The first-order valence-corrected chi connectivity index (χ1v) is 10.3. The summed E-state index contributed by atoms with van der Waals surface area (Å²) in [6, 6.07) is 19.6. The van der Waals surface area contributed by atoms with Crippen molar-refractivity contribution in [2.24, 2.45) is 0 Å². The SMILES string of the molecule is CCOc1cc(C=C(C#N)C(=O)c2ccccc2)ccc1OC(=O)c1ccc(Cl)c(Cl)c1. The van der Waals surface area contributed by atoms with Crippen molar-refractivity contribution in [2.75, 3.05) is 6.61 Å². The Morgan fingerprint density at radius 3 is 2.34 bits per heavy atom. The Bertz CT molecular complexity index is 1230. The third kappa shape index (κ3) is 5.55. The van der Waals surface area contributed by atoms with Crippen LogP contribution in [0.15, 0.2) is 72.3 Å². The summed E-state index contributed by atoms with van der Waals surface area (Å²) in [6.07, 6.45) is 1.46. The minimum absolute atomic E-state index is 0.0285. The van der Waals surface area contributed by atoms with Gasteiger partial charge in [-0.1, -0.05) is 59.6 Å². The molecule has 0 saturated carbocycles. The third-order valence-corrected chi connectivity index (χ3v) is 5.08. The van der Waals surface area contributed by atoms with Gasteiger partial charge in [0.1, 0.15) is 11.6 Å². The lowest BCUT2D eigenvalue weighted by atomic mass is 10.0. The van der Waals surface area contributed by atoms with E-state index in [2.05, 4.69) is 0 Å². The van der Waals surface area contributed by atoms with E-state index in [-0.39, 0.29) is 27.7 Å². The second-order valence-corrected chi connectivity index (χ2v) is 7.34. The van der Waals surface area contributed by atoms with Gasteiger partial charge in [-0.2, -0.15) is 5.26 Å². The molecule has 0 N–H and O–H groups in total. The maximum atomic E-state index is 12.6. The number of ketones is 1. The van der Waals surface area contributed by atoms with Crippen molar-refractivity contribution in [1.29, 1.82) is 5.26 Å². The lowest BCUT2D eigenvalue weighted by Crippen LogP contribution is -2.10. The fraction of sp³-hybridized carbons (Fsp3) is 0.0800. The van der Waals surface area contributed by atoms with Crippen molar-refractivity contribution in [2.45, 2.75) is 6.92 Å². The molecule has 3 rings (SSSR count). The molecule has 3 aromatic carbocycles. The molecule has 0 aliphatic rings. The van der Waals surface area contributed by atoms with Gasteiger partial charge in [-0.25, -0.2) is 4.79 Å². The standard InChI is InChI=1S/C25H17Cl2NO4/c1-2-31-23-13-16(12-19(15-28)24(29)17-6-4-3-5-7-17)8-11-22(23)32-25(30)18-9-10-20(26)21(27)14-18/h3-14H,2H2,1H3. The number of nitrogens with zero attached hydrogens (tertiary/aromatic N) is 1. The average molecular weight is 466 g/mol. The van der Waals surface area contributed by atoms with Gasteiger partial charge < -0.3 is 9.47 Å². The monoisotopic (exact) mass is 465 g/mol. The van der Waals surface area contributed by atoms with Gasteiger partial charge in [0, 0.05) is 5.56 Å². The van der Waals surface area contributed by atoms with Crippen LogP contribution in [0.1, 0.15) is 33.2 Å². The third-order valence-electron chi connectivity index (χ3n) is 4.34. The molecule has 0 saturated heterocycles. The molecule has 0 heterocycles. The van der Waals surface area contributed by atoms with E-state index in [9.17, 15) is 14.9 Å². The van der Waals surface area contributed by atoms with E-state index in [0.717, 1.165) is 0 Å². The molecule has 3 aromatic rings. The van der Waals surface area contributed by atoms with Crippen LogP contribution in [0, 0.1) is 11.3 Å². The Morgan fingerprint density at radius 1 is 0.938 bits per heavy atom. The van der Waals surface area contributed by atoms with Crippen LogP contribution in [-0.4, -0.2) is 18.4 Å². The van der Waals surface area contributed by atoms with Gasteiger partial charge in [0.15, 0.2) is 11.5 Å². The summed E-state index contributed by atoms with van der Waals surface area (Å²) >= 11 is 11.9. The minimum atomic E-state index is -0.634. The first kappa shape index (κ1) is 23.1. The number of allylic oxidation sites excluding steroid dienone is 1. The molecular weight excluding hydrogens is 449 g/mol. The number of carbonyl (C=O) groups excluding carboxylic acids is 2. The second-order valence-electron chi connectivity index (χ2n) is 6.52. The zero-order valence-electron chi connectivity index (χ0n) is 17.0.